The molecule has 0 aromatic carbocycles. The molecule has 24 heavy (non-hydrogen) atoms. The van der Waals surface area contributed by atoms with Crippen LogP contribution in [0, 0.1) is 0 Å². The van der Waals surface area contributed by atoms with Gasteiger partial charge in [-0.1, -0.05) is 0 Å². The lowest BCUT2D eigenvalue weighted by atomic mass is 9.94. The van der Waals surface area contributed by atoms with E-state index < -0.39 is 0 Å². The van der Waals surface area contributed by atoms with Gasteiger partial charge < -0.3 is 10.2 Å². The van der Waals surface area contributed by atoms with Gasteiger partial charge in [0.25, 0.3) is 5.91 Å². The van der Waals surface area contributed by atoms with Crippen LogP contribution in [0.4, 0.5) is 5.82 Å². The Morgan fingerprint density at radius 2 is 2.12 bits per heavy atom. The van der Waals surface area contributed by atoms with E-state index in [1.807, 2.05) is 11.0 Å². The Morgan fingerprint density at radius 1 is 1.25 bits per heavy atom. The number of pyridine rings is 1. The fourth-order valence-corrected chi connectivity index (χ4v) is 2.94. The molecule has 1 fully saturated rings. The molecule has 1 atom stereocenters. The van der Waals surface area contributed by atoms with Gasteiger partial charge in [-0.05, 0) is 31.0 Å². The number of aromatic nitrogens is 3. The minimum atomic E-state index is -0.214. The SMILES string of the molecule is CC(=O)Nc1cc(C(=O)N2CCCC(c3ccncn3)C2)ccn1. The van der Waals surface area contributed by atoms with E-state index in [1.54, 1.807) is 24.7 Å². The van der Waals surface area contributed by atoms with Gasteiger partial charge in [0.2, 0.25) is 5.91 Å². The second-order valence-corrected chi connectivity index (χ2v) is 5.84. The van der Waals surface area contributed by atoms with Gasteiger partial charge in [-0.25, -0.2) is 15.0 Å². The van der Waals surface area contributed by atoms with Crippen molar-refractivity contribution in [1.82, 2.24) is 19.9 Å². The Hall–Kier alpha value is -2.83. The highest BCUT2D eigenvalue weighted by Crippen LogP contribution is 2.26. The van der Waals surface area contributed by atoms with Crippen LogP contribution in [0.25, 0.3) is 0 Å². The normalized spacial score (nSPS) is 17.4. The van der Waals surface area contributed by atoms with E-state index >= 15 is 0 Å². The topological polar surface area (TPSA) is 88.1 Å². The predicted molar refractivity (Wildman–Crippen MR) is 88.5 cm³/mol. The smallest absolute Gasteiger partial charge is 0.254 e. The van der Waals surface area contributed by atoms with Crippen molar-refractivity contribution in [3.8, 4) is 0 Å². The molecular formula is C17H19N5O2. The Bertz CT molecular complexity index is 735. The first-order valence-electron chi connectivity index (χ1n) is 7.92. The van der Waals surface area contributed by atoms with Gasteiger partial charge in [0.15, 0.2) is 0 Å². The highest BCUT2D eigenvalue weighted by Gasteiger charge is 2.26. The van der Waals surface area contributed by atoms with Gasteiger partial charge in [0.1, 0.15) is 12.1 Å². The van der Waals surface area contributed by atoms with E-state index in [9.17, 15) is 9.59 Å². The van der Waals surface area contributed by atoms with Crippen molar-refractivity contribution in [3.05, 3.63) is 48.2 Å². The molecule has 3 rings (SSSR count). The Morgan fingerprint density at radius 3 is 2.88 bits per heavy atom. The molecule has 0 bridgehead atoms. The van der Waals surface area contributed by atoms with Gasteiger partial charge >= 0.3 is 0 Å². The third kappa shape index (κ3) is 3.73. The number of nitrogens with zero attached hydrogens (tertiary/aromatic N) is 4. The van der Waals surface area contributed by atoms with Crippen LogP contribution in [0.1, 0.15) is 41.7 Å². The van der Waals surface area contributed by atoms with Gasteiger partial charge in [-0.3, -0.25) is 9.59 Å². The fourth-order valence-electron chi connectivity index (χ4n) is 2.94. The molecule has 7 heteroatoms. The minimum absolute atomic E-state index is 0.0530. The lowest BCUT2D eigenvalue weighted by Gasteiger charge is -2.32. The number of piperidine rings is 1. The van der Waals surface area contributed by atoms with E-state index in [4.69, 9.17) is 0 Å². The zero-order valence-corrected chi connectivity index (χ0v) is 13.5. The maximum absolute atomic E-state index is 12.8. The van der Waals surface area contributed by atoms with Crippen LogP contribution in [-0.2, 0) is 4.79 Å². The van der Waals surface area contributed by atoms with Gasteiger partial charge in [-0.15, -0.1) is 0 Å². The zero-order valence-electron chi connectivity index (χ0n) is 13.5. The summed E-state index contributed by atoms with van der Waals surface area (Å²) in [5.41, 5.74) is 1.49. The first-order chi connectivity index (χ1) is 11.6. The maximum atomic E-state index is 12.8. The number of amides is 2. The van der Waals surface area contributed by atoms with Crippen LogP contribution in [0.2, 0.25) is 0 Å². The molecule has 7 nitrogen and oxygen atoms in total. The summed E-state index contributed by atoms with van der Waals surface area (Å²) in [6.07, 6.45) is 6.74. The number of nitrogens with one attached hydrogen (secondary N) is 1. The molecule has 1 N–H and O–H groups in total. The molecule has 2 aromatic heterocycles. The predicted octanol–water partition coefficient (Wildman–Crippen LogP) is 1.85. The molecule has 0 saturated carbocycles. The lowest BCUT2D eigenvalue weighted by molar-refractivity contribution is -0.114. The molecule has 2 aromatic rings. The second-order valence-electron chi connectivity index (χ2n) is 5.84. The second kappa shape index (κ2) is 7.16. The highest BCUT2D eigenvalue weighted by atomic mass is 16.2. The van der Waals surface area contributed by atoms with Crippen LogP contribution < -0.4 is 5.32 Å². The molecule has 124 valence electrons. The van der Waals surface area contributed by atoms with Crippen LogP contribution in [0.5, 0.6) is 0 Å². The van der Waals surface area contributed by atoms with Gasteiger partial charge in [-0.2, -0.15) is 0 Å². The average molecular weight is 325 g/mol. The Balaban J connectivity index is 1.74. The number of carbonyl (C=O) groups excluding carboxylic acids is 2. The van der Waals surface area contributed by atoms with E-state index in [0.717, 1.165) is 25.1 Å². The number of hydrogen-bond donors (Lipinski definition) is 1. The van der Waals surface area contributed by atoms with Crippen LogP contribution in [-0.4, -0.2) is 44.8 Å². The Kier molecular flexibility index (Phi) is 4.79. The molecular weight excluding hydrogens is 306 g/mol. The maximum Gasteiger partial charge on any atom is 0.254 e. The summed E-state index contributed by atoms with van der Waals surface area (Å²) in [6.45, 7) is 2.76. The molecule has 0 radical (unpaired) electrons. The standard InChI is InChI=1S/C17H19N5O2/c1-12(23)21-16-9-13(4-7-19-16)17(24)22-8-2-3-14(10-22)15-5-6-18-11-20-15/h4-7,9,11,14H,2-3,8,10H2,1H3,(H,19,21,23). The number of anilines is 1. The number of carbonyl (C=O) groups is 2. The third-order valence-corrected chi connectivity index (χ3v) is 4.04. The quantitative estimate of drug-likeness (QED) is 0.930. The first kappa shape index (κ1) is 16.0. The summed E-state index contributed by atoms with van der Waals surface area (Å²) in [4.78, 5) is 38.0. The molecule has 1 unspecified atom stereocenters. The van der Waals surface area contributed by atoms with Crippen LogP contribution in [0.15, 0.2) is 36.9 Å². The van der Waals surface area contributed by atoms with Crippen molar-refractivity contribution in [1.29, 1.82) is 0 Å². The van der Waals surface area contributed by atoms with Gasteiger partial charge in [0.05, 0.1) is 0 Å². The summed E-state index contributed by atoms with van der Waals surface area (Å²) in [5.74, 6) is 0.344. The molecule has 1 aliphatic heterocycles. The number of rotatable bonds is 3. The summed E-state index contributed by atoms with van der Waals surface area (Å²) in [6, 6.07) is 5.18. The van der Waals surface area contributed by atoms with Gasteiger partial charge in [0, 0.05) is 49.6 Å². The van der Waals surface area contributed by atoms with Crippen molar-refractivity contribution in [2.24, 2.45) is 0 Å². The molecule has 1 aliphatic rings. The van der Waals surface area contributed by atoms with Crippen LogP contribution in [0.3, 0.4) is 0 Å². The van der Waals surface area contributed by atoms with E-state index in [0.29, 0.717) is 17.9 Å². The van der Waals surface area contributed by atoms with E-state index in [1.165, 1.54) is 13.1 Å². The molecule has 2 amide bonds. The monoisotopic (exact) mass is 325 g/mol. The van der Waals surface area contributed by atoms with Crippen molar-refractivity contribution in [3.63, 3.8) is 0 Å². The average Bonchev–Trinajstić information content (AvgIpc) is 2.62. The highest BCUT2D eigenvalue weighted by molar-refractivity contribution is 5.96. The molecule has 0 aliphatic carbocycles. The largest absolute Gasteiger partial charge is 0.338 e. The lowest BCUT2D eigenvalue weighted by Crippen LogP contribution is -2.39. The van der Waals surface area contributed by atoms with E-state index in [2.05, 4.69) is 20.3 Å². The zero-order chi connectivity index (χ0) is 16.9. The molecule has 0 spiro atoms. The molecule has 3 heterocycles. The Labute approximate surface area is 140 Å². The van der Waals surface area contributed by atoms with Crippen molar-refractivity contribution in [2.45, 2.75) is 25.7 Å². The summed E-state index contributed by atoms with van der Waals surface area (Å²) in [5, 5.41) is 2.60. The van der Waals surface area contributed by atoms with Crippen molar-refractivity contribution < 1.29 is 9.59 Å². The number of hydrogen-bond acceptors (Lipinski definition) is 5. The molecule has 1 saturated heterocycles. The van der Waals surface area contributed by atoms with Crippen molar-refractivity contribution in [2.75, 3.05) is 18.4 Å². The van der Waals surface area contributed by atoms with Crippen LogP contribution >= 0.6 is 0 Å². The number of likely N-dealkylation sites (tertiary alicyclic amines) is 1. The van der Waals surface area contributed by atoms with Crippen molar-refractivity contribution >= 4 is 17.6 Å². The van der Waals surface area contributed by atoms with E-state index in [-0.39, 0.29) is 17.7 Å². The first-order valence-corrected chi connectivity index (χ1v) is 7.92. The minimum Gasteiger partial charge on any atom is -0.338 e. The summed E-state index contributed by atoms with van der Waals surface area (Å²) >= 11 is 0. The fraction of sp³-hybridized carbons (Fsp3) is 0.353. The summed E-state index contributed by atoms with van der Waals surface area (Å²) in [7, 11) is 0. The summed E-state index contributed by atoms with van der Waals surface area (Å²) < 4.78 is 0. The third-order valence-electron chi connectivity index (χ3n) is 4.04.